The number of Topliss-reactive ketones (excluding diaryl/α,β-unsaturated/α-hetero) is 1. The van der Waals surface area contributed by atoms with Gasteiger partial charge >= 0.3 is 0 Å². The number of ketones is 1. The van der Waals surface area contributed by atoms with E-state index in [1.807, 2.05) is 66.7 Å². The lowest BCUT2D eigenvalue weighted by molar-refractivity contribution is 0.0923. The van der Waals surface area contributed by atoms with Crippen molar-refractivity contribution in [1.82, 2.24) is 4.98 Å². The van der Waals surface area contributed by atoms with Crippen molar-refractivity contribution in [2.75, 3.05) is 6.61 Å². The molecule has 0 aliphatic rings. The van der Waals surface area contributed by atoms with Crippen LogP contribution in [0.25, 0.3) is 22.0 Å². The first kappa shape index (κ1) is 16.4. The van der Waals surface area contributed by atoms with Crippen LogP contribution in [0.2, 0.25) is 5.02 Å². The molecule has 26 heavy (non-hydrogen) atoms. The van der Waals surface area contributed by atoms with Crippen LogP contribution in [0.15, 0.2) is 79.0 Å². The topological polar surface area (TPSA) is 42.1 Å². The third-order valence-corrected chi connectivity index (χ3v) is 4.58. The fraction of sp³-hybridized carbons (Fsp3) is 0.0455. The lowest BCUT2D eigenvalue weighted by Crippen LogP contribution is -2.11. The van der Waals surface area contributed by atoms with E-state index in [0.717, 1.165) is 22.0 Å². The SMILES string of the molecule is O=C(COc1ccc(-c2ccccc2)cc1Cl)c1c[nH]c2ccccc12. The van der Waals surface area contributed by atoms with Gasteiger partial charge in [-0.2, -0.15) is 0 Å². The summed E-state index contributed by atoms with van der Waals surface area (Å²) < 4.78 is 5.67. The second-order valence-corrected chi connectivity index (χ2v) is 6.38. The third kappa shape index (κ3) is 3.22. The Kier molecular flexibility index (Phi) is 4.46. The first-order chi connectivity index (χ1) is 12.7. The Hall–Kier alpha value is -3.04. The minimum absolute atomic E-state index is 0.0632. The van der Waals surface area contributed by atoms with Gasteiger partial charge < -0.3 is 9.72 Å². The number of hydrogen-bond acceptors (Lipinski definition) is 2. The standard InChI is InChI=1S/C22H16ClNO2/c23-19-12-16(15-6-2-1-3-7-15)10-11-22(19)26-14-21(25)18-13-24-20-9-5-4-8-17(18)20/h1-13,24H,14H2. The van der Waals surface area contributed by atoms with E-state index in [2.05, 4.69) is 4.98 Å². The number of hydrogen-bond donors (Lipinski definition) is 1. The van der Waals surface area contributed by atoms with Crippen molar-refractivity contribution >= 4 is 28.3 Å². The molecule has 4 rings (SSSR count). The number of para-hydroxylation sites is 1. The zero-order valence-electron chi connectivity index (χ0n) is 13.9. The van der Waals surface area contributed by atoms with Gasteiger partial charge in [0.1, 0.15) is 5.75 Å². The Bertz CT molecular complexity index is 1070. The van der Waals surface area contributed by atoms with Crippen molar-refractivity contribution in [2.45, 2.75) is 0 Å². The molecule has 4 aromatic rings. The molecule has 0 aliphatic carbocycles. The Morgan fingerprint density at radius 1 is 0.923 bits per heavy atom. The highest BCUT2D eigenvalue weighted by atomic mass is 35.5. The summed E-state index contributed by atoms with van der Waals surface area (Å²) in [5, 5.41) is 1.38. The first-order valence-corrected chi connectivity index (χ1v) is 8.67. The molecule has 3 nitrogen and oxygen atoms in total. The molecule has 1 heterocycles. The smallest absolute Gasteiger partial charge is 0.202 e. The monoisotopic (exact) mass is 361 g/mol. The lowest BCUT2D eigenvalue weighted by atomic mass is 10.1. The van der Waals surface area contributed by atoms with Crippen LogP contribution in [0, 0.1) is 0 Å². The Morgan fingerprint density at radius 2 is 1.69 bits per heavy atom. The van der Waals surface area contributed by atoms with Gasteiger partial charge in [-0.3, -0.25) is 4.79 Å². The van der Waals surface area contributed by atoms with Gasteiger partial charge in [0, 0.05) is 22.7 Å². The molecule has 4 heteroatoms. The molecule has 0 saturated heterocycles. The van der Waals surface area contributed by atoms with Gasteiger partial charge in [0.25, 0.3) is 0 Å². The van der Waals surface area contributed by atoms with E-state index in [4.69, 9.17) is 16.3 Å². The van der Waals surface area contributed by atoms with E-state index in [-0.39, 0.29) is 12.4 Å². The summed E-state index contributed by atoms with van der Waals surface area (Å²) in [4.78, 5) is 15.6. The molecule has 1 aromatic heterocycles. The normalized spacial score (nSPS) is 10.8. The minimum atomic E-state index is -0.0920. The average Bonchev–Trinajstić information content (AvgIpc) is 3.12. The van der Waals surface area contributed by atoms with E-state index in [1.165, 1.54) is 0 Å². The molecule has 0 amide bonds. The quantitative estimate of drug-likeness (QED) is 0.460. The van der Waals surface area contributed by atoms with Crippen molar-refractivity contribution in [3.05, 3.63) is 89.6 Å². The Balaban J connectivity index is 1.50. The summed E-state index contributed by atoms with van der Waals surface area (Å²) in [5.74, 6) is 0.408. The molecule has 0 bridgehead atoms. The van der Waals surface area contributed by atoms with Gasteiger partial charge in [-0.05, 0) is 29.3 Å². The van der Waals surface area contributed by atoms with Crippen molar-refractivity contribution in [3.8, 4) is 16.9 Å². The number of fused-ring (bicyclic) bond motifs is 1. The predicted molar refractivity (Wildman–Crippen MR) is 105 cm³/mol. The third-order valence-electron chi connectivity index (χ3n) is 4.29. The number of benzene rings is 3. The Morgan fingerprint density at radius 3 is 2.50 bits per heavy atom. The van der Waals surface area contributed by atoms with Crippen LogP contribution < -0.4 is 4.74 Å². The largest absolute Gasteiger partial charge is 0.484 e. The number of carbonyl (C=O) groups excluding carboxylic acids is 1. The zero-order chi connectivity index (χ0) is 17.9. The van der Waals surface area contributed by atoms with Gasteiger partial charge in [0.2, 0.25) is 5.78 Å². The molecule has 1 N–H and O–H groups in total. The molecular weight excluding hydrogens is 346 g/mol. The fourth-order valence-corrected chi connectivity index (χ4v) is 3.19. The number of aromatic amines is 1. The highest BCUT2D eigenvalue weighted by Crippen LogP contribution is 2.30. The van der Waals surface area contributed by atoms with Crippen LogP contribution in [0.4, 0.5) is 0 Å². The van der Waals surface area contributed by atoms with Gasteiger partial charge in [-0.15, -0.1) is 0 Å². The lowest BCUT2D eigenvalue weighted by Gasteiger charge is -2.09. The first-order valence-electron chi connectivity index (χ1n) is 8.29. The molecular formula is C22H16ClNO2. The number of H-pyrrole nitrogens is 1. The van der Waals surface area contributed by atoms with Gasteiger partial charge in [0.05, 0.1) is 5.02 Å². The van der Waals surface area contributed by atoms with Crippen LogP contribution in [-0.4, -0.2) is 17.4 Å². The van der Waals surface area contributed by atoms with Crippen LogP contribution in [0.3, 0.4) is 0 Å². The maximum absolute atomic E-state index is 12.5. The highest BCUT2D eigenvalue weighted by Gasteiger charge is 2.13. The number of halogens is 1. The van der Waals surface area contributed by atoms with Crippen LogP contribution >= 0.6 is 11.6 Å². The summed E-state index contributed by atoms with van der Waals surface area (Å²) in [6.45, 7) is -0.0632. The molecule has 3 aromatic carbocycles. The van der Waals surface area contributed by atoms with E-state index < -0.39 is 0 Å². The number of carbonyl (C=O) groups is 1. The molecule has 0 aliphatic heterocycles. The van der Waals surface area contributed by atoms with Crippen molar-refractivity contribution in [2.24, 2.45) is 0 Å². The van der Waals surface area contributed by atoms with Crippen LogP contribution in [-0.2, 0) is 0 Å². The van der Waals surface area contributed by atoms with Crippen LogP contribution in [0.1, 0.15) is 10.4 Å². The number of ether oxygens (including phenoxy) is 1. The summed E-state index contributed by atoms with van der Waals surface area (Å²) >= 11 is 6.34. The van der Waals surface area contributed by atoms with Gasteiger partial charge in [-0.25, -0.2) is 0 Å². The second kappa shape index (κ2) is 7.06. The van der Waals surface area contributed by atoms with Crippen molar-refractivity contribution < 1.29 is 9.53 Å². The number of aromatic nitrogens is 1. The van der Waals surface area contributed by atoms with E-state index in [0.29, 0.717) is 16.3 Å². The summed E-state index contributed by atoms with van der Waals surface area (Å²) in [6.07, 6.45) is 1.72. The average molecular weight is 362 g/mol. The predicted octanol–water partition coefficient (Wildman–Crippen LogP) is 5.75. The van der Waals surface area contributed by atoms with E-state index in [1.54, 1.807) is 12.3 Å². The van der Waals surface area contributed by atoms with Crippen molar-refractivity contribution in [1.29, 1.82) is 0 Å². The molecule has 0 fully saturated rings. The Labute approximate surface area is 156 Å². The minimum Gasteiger partial charge on any atom is -0.484 e. The summed E-state index contributed by atoms with van der Waals surface area (Å²) in [6, 6.07) is 23.2. The van der Waals surface area contributed by atoms with Crippen LogP contribution in [0.5, 0.6) is 5.75 Å². The maximum Gasteiger partial charge on any atom is 0.202 e. The molecule has 128 valence electrons. The zero-order valence-corrected chi connectivity index (χ0v) is 14.7. The summed E-state index contributed by atoms with van der Waals surface area (Å²) in [5.41, 5.74) is 3.64. The number of nitrogens with one attached hydrogen (secondary N) is 1. The van der Waals surface area contributed by atoms with E-state index >= 15 is 0 Å². The highest BCUT2D eigenvalue weighted by molar-refractivity contribution is 6.32. The summed E-state index contributed by atoms with van der Waals surface area (Å²) in [7, 11) is 0. The molecule has 0 atom stereocenters. The molecule has 0 radical (unpaired) electrons. The molecule has 0 unspecified atom stereocenters. The van der Waals surface area contributed by atoms with Crippen molar-refractivity contribution in [3.63, 3.8) is 0 Å². The van der Waals surface area contributed by atoms with Gasteiger partial charge in [0.15, 0.2) is 6.61 Å². The fourth-order valence-electron chi connectivity index (χ4n) is 2.95. The molecule has 0 saturated carbocycles. The molecule has 0 spiro atoms. The second-order valence-electron chi connectivity index (χ2n) is 5.97. The maximum atomic E-state index is 12.5. The van der Waals surface area contributed by atoms with Gasteiger partial charge in [-0.1, -0.05) is 66.2 Å². The number of rotatable bonds is 5. The van der Waals surface area contributed by atoms with E-state index in [9.17, 15) is 4.79 Å².